The van der Waals surface area contributed by atoms with Crippen LogP contribution in [0.5, 0.6) is 0 Å². The Labute approximate surface area is 126 Å². The van der Waals surface area contributed by atoms with Crippen LogP contribution in [0.1, 0.15) is 27.7 Å². The molecular formula is C14H28N2O5. The predicted molar refractivity (Wildman–Crippen MR) is 79.3 cm³/mol. The molecule has 0 aromatic heterocycles. The minimum absolute atomic E-state index is 0.181. The van der Waals surface area contributed by atoms with E-state index < -0.39 is 23.5 Å². The Kier molecular flexibility index (Phi) is 8.27. The molecule has 0 fully saturated rings. The maximum atomic E-state index is 12.4. The summed E-state index contributed by atoms with van der Waals surface area (Å²) in [6.45, 7) is 8.24. The number of rotatable bonds is 8. The molecule has 0 radical (unpaired) electrons. The molecule has 0 heterocycles. The van der Waals surface area contributed by atoms with Crippen LogP contribution in [0.15, 0.2) is 0 Å². The maximum absolute atomic E-state index is 12.4. The van der Waals surface area contributed by atoms with Crippen molar-refractivity contribution in [1.82, 2.24) is 10.2 Å². The lowest BCUT2D eigenvalue weighted by Gasteiger charge is -2.33. The van der Waals surface area contributed by atoms with E-state index in [2.05, 4.69) is 5.32 Å². The van der Waals surface area contributed by atoms with Gasteiger partial charge >= 0.3 is 12.0 Å². The third-order valence-corrected chi connectivity index (χ3v) is 3.12. The van der Waals surface area contributed by atoms with Crippen molar-refractivity contribution in [3.63, 3.8) is 0 Å². The first-order valence-electron chi connectivity index (χ1n) is 6.93. The highest BCUT2D eigenvalue weighted by Gasteiger charge is 2.34. The Morgan fingerprint density at radius 2 is 1.81 bits per heavy atom. The molecular weight excluding hydrogens is 276 g/mol. The van der Waals surface area contributed by atoms with E-state index in [1.807, 2.05) is 6.92 Å². The average Bonchev–Trinajstić information content (AvgIpc) is 2.35. The third kappa shape index (κ3) is 6.77. The van der Waals surface area contributed by atoms with Gasteiger partial charge in [0.2, 0.25) is 0 Å². The summed E-state index contributed by atoms with van der Waals surface area (Å²) >= 11 is 0. The van der Waals surface area contributed by atoms with Gasteiger partial charge in [-0.2, -0.15) is 0 Å². The first kappa shape index (κ1) is 19.7. The molecule has 2 atom stereocenters. The monoisotopic (exact) mass is 304 g/mol. The molecule has 2 amide bonds. The van der Waals surface area contributed by atoms with Crippen LogP contribution in [0.25, 0.3) is 0 Å². The van der Waals surface area contributed by atoms with E-state index in [0.29, 0.717) is 19.8 Å². The van der Waals surface area contributed by atoms with E-state index in [-0.39, 0.29) is 6.04 Å². The van der Waals surface area contributed by atoms with Crippen LogP contribution in [0, 0.1) is 5.41 Å². The highest BCUT2D eigenvalue weighted by molar-refractivity contribution is 5.83. The normalized spacial score (nSPS) is 14.4. The van der Waals surface area contributed by atoms with Gasteiger partial charge in [-0.3, -0.25) is 0 Å². The fourth-order valence-electron chi connectivity index (χ4n) is 1.90. The minimum Gasteiger partial charge on any atom is -0.480 e. The lowest BCUT2D eigenvalue weighted by Crippen LogP contribution is -2.56. The smallest absolute Gasteiger partial charge is 0.326 e. The molecule has 0 saturated heterocycles. The minimum atomic E-state index is -1.05. The number of urea groups is 1. The van der Waals surface area contributed by atoms with E-state index in [4.69, 9.17) is 9.47 Å². The van der Waals surface area contributed by atoms with Crippen molar-refractivity contribution in [3.05, 3.63) is 0 Å². The standard InChI is InChI=1S/C14H28N2O5/c1-10(9-21-6)16(7-8-20-5)13(19)15-11(12(17)18)14(2,3)4/h10-11H,7-9H2,1-6H3,(H,15,19)(H,17,18). The zero-order valence-corrected chi connectivity index (χ0v) is 13.8. The fraction of sp³-hybridized carbons (Fsp3) is 0.857. The van der Waals surface area contributed by atoms with Crippen LogP contribution in [-0.4, -0.2) is 68.1 Å². The number of carboxylic acids is 1. The van der Waals surface area contributed by atoms with Crippen molar-refractivity contribution in [2.75, 3.05) is 34.0 Å². The number of aliphatic carboxylic acids is 1. The topological polar surface area (TPSA) is 88.1 Å². The van der Waals surface area contributed by atoms with E-state index in [1.54, 1.807) is 35.0 Å². The van der Waals surface area contributed by atoms with Crippen molar-refractivity contribution < 1.29 is 24.2 Å². The SMILES string of the molecule is COCCN(C(=O)NC(C(=O)O)C(C)(C)C)C(C)COC. The molecule has 0 spiro atoms. The van der Waals surface area contributed by atoms with E-state index in [0.717, 1.165) is 0 Å². The molecule has 0 aliphatic carbocycles. The molecule has 21 heavy (non-hydrogen) atoms. The molecule has 2 unspecified atom stereocenters. The lowest BCUT2D eigenvalue weighted by molar-refractivity contribution is -0.142. The largest absolute Gasteiger partial charge is 0.480 e. The molecule has 124 valence electrons. The highest BCUT2D eigenvalue weighted by atomic mass is 16.5. The summed E-state index contributed by atoms with van der Waals surface area (Å²) in [5.74, 6) is -1.05. The van der Waals surface area contributed by atoms with Gasteiger partial charge in [0.25, 0.3) is 0 Å². The first-order valence-corrected chi connectivity index (χ1v) is 6.93. The van der Waals surface area contributed by atoms with Crippen molar-refractivity contribution in [2.24, 2.45) is 5.41 Å². The van der Waals surface area contributed by atoms with Crippen molar-refractivity contribution in [1.29, 1.82) is 0 Å². The van der Waals surface area contributed by atoms with Crippen LogP contribution in [0.4, 0.5) is 4.79 Å². The van der Waals surface area contributed by atoms with Gasteiger partial charge in [-0.15, -0.1) is 0 Å². The number of hydrogen-bond donors (Lipinski definition) is 2. The Morgan fingerprint density at radius 1 is 1.24 bits per heavy atom. The average molecular weight is 304 g/mol. The second-order valence-electron chi connectivity index (χ2n) is 6.08. The van der Waals surface area contributed by atoms with Crippen LogP contribution in [-0.2, 0) is 14.3 Å². The molecule has 0 aromatic carbocycles. The molecule has 0 bridgehead atoms. The first-order chi connectivity index (χ1) is 9.65. The fourth-order valence-corrected chi connectivity index (χ4v) is 1.90. The van der Waals surface area contributed by atoms with Gasteiger partial charge in [0.1, 0.15) is 6.04 Å². The summed E-state index contributed by atoms with van der Waals surface area (Å²) in [7, 11) is 3.10. The zero-order chi connectivity index (χ0) is 16.6. The lowest BCUT2D eigenvalue weighted by atomic mass is 9.87. The van der Waals surface area contributed by atoms with Gasteiger partial charge in [-0.05, 0) is 12.3 Å². The molecule has 2 N–H and O–H groups in total. The summed E-state index contributed by atoms with van der Waals surface area (Å²) in [6, 6.07) is -1.58. The quantitative estimate of drug-likeness (QED) is 0.703. The third-order valence-electron chi connectivity index (χ3n) is 3.12. The number of hydrogen-bond acceptors (Lipinski definition) is 4. The van der Waals surface area contributed by atoms with Crippen molar-refractivity contribution >= 4 is 12.0 Å². The number of carbonyl (C=O) groups is 2. The molecule has 7 nitrogen and oxygen atoms in total. The van der Waals surface area contributed by atoms with Crippen LogP contribution in [0.2, 0.25) is 0 Å². The molecule has 7 heteroatoms. The Morgan fingerprint density at radius 3 is 2.19 bits per heavy atom. The Hall–Kier alpha value is -1.34. The van der Waals surface area contributed by atoms with Gasteiger partial charge in [-0.25, -0.2) is 9.59 Å². The summed E-state index contributed by atoms with van der Waals surface area (Å²) in [5.41, 5.74) is -0.584. The molecule has 0 saturated carbocycles. The molecule has 0 rings (SSSR count). The number of carboxylic acid groups (broad SMARTS) is 1. The highest BCUT2D eigenvalue weighted by Crippen LogP contribution is 2.20. The number of nitrogens with zero attached hydrogens (tertiary/aromatic N) is 1. The number of amides is 2. The number of nitrogens with one attached hydrogen (secondary N) is 1. The van der Waals surface area contributed by atoms with Gasteiger partial charge in [0.15, 0.2) is 0 Å². The maximum Gasteiger partial charge on any atom is 0.326 e. The zero-order valence-electron chi connectivity index (χ0n) is 13.8. The van der Waals surface area contributed by atoms with E-state index in [1.165, 1.54) is 4.90 Å². The Bertz CT molecular complexity index is 341. The van der Waals surface area contributed by atoms with Crippen LogP contribution >= 0.6 is 0 Å². The van der Waals surface area contributed by atoms with Gasteiger partial charge in [0, 0.05) is 20.8 Å². The van der Waals surface area contributed by atoms with E-state index in [9.17, 15) is 14.7 Å². The van der Waals surface area contributed by atoms with Crippen molar-refractivity contribution in [2.45, 2.75) is 39.8 Å². The van der Waals surface area contributed by atoms with E-state index >= 15 is 0 Å². The number of methoxy groups -OCH3 is 2. The molecule has 0 aromatic rings. The summed E-state index contributed by atoms with van der Waals surface area (Å²) in [6.07, 6.45) is 0. The summed E-state index contributed by atoms with van der Waals surface area (Å²) < 4.78 is 10.0. The van der Waals surface area contributed by atoms with Crippen LogP contribution < -0.4 is 5.32 Å². The number of carbonyl (C=O) groups excluding carboxylic acids is 1. The number of ether oxygens (including phenoxy) is 2. The van der Waals surface area contributed by atoms with Gasteiger partial charge in [-0.1, -0.05) is 20.8 Å². The second-order valence-corrected chi connectivity index (χ2v) is 6.08. The predicted octanol–water partition coefficient (Wildman–Crippen LogP) is 1.18. The summed E-state index contributed by atoms with van der Waals surface area (Å²) in [4.78, 5) is 25.2. The molecule has 0 aliphatic heterocycles. The van der Waals surface area contributed by atoms with Gasteiger partial charge < -0.3 is 24.8 Å². The van der Waals surface area contributed by atoms with Gasteiger partial charge in [0.05, 0.1) is 19.3 Å². The molecule has 0 aliphatic rings. The second kappa shape index (κ2) is 8.84. The summed E-state index contributed by atoms with van der Waals surface area (Å²) in [5, 5.41) is 11.9. The Balaban J connectivity index is 4.97. The van der Waals surface area contributed by atoms with Crippen molar-refractivity contribution in [3.8, 4) is 0 Å². The van der Waals surface area contributed by atoms with Crippen LogP contribution in [0.3, 0.4) is 0 Å².